The van der Waals surface area contributed by atoms with E-state index >= 15 is 0 Å². The van der Waals surface area contributed by atoms with E-state index in [1.807, 2.05) is 0 Å². The summed E-state index contributed by atoms with van der Waals surface area (Å²) in [7, 11) is 0. The van der Waals surface area contributed by atoms with Crippen LogP contribution in [0.1, 0.15) is 32.6 Å². The van der Waals surface area contributed by atoms with E-state index in [2.05, 4.69) is 6.92 Å². The number of nitrogens with two attached hydrogens (primary N) is 1. The van der Waals surface area contributed by atoms with E-state index in [0.717, 1.165) is 29.6 Å². The molecule has 1 nitrogen and oxygen atoms in total. The molecule has 1 heteroatoms. The molecule has 4 aliphatic carbocycles. The van der Waals surface area contributed by atoms with E-state index in [4.69, 9.17) is 5.73 Å². The molecule has 6 atom stereocenters. The van der Waals surface area contributed by atoms with Gasteiger partial charge in [0.05, 0.1) is 0 Å². The highest BCUT2D eigenvalue weighted by Gasteiger charge is 2.54. The van der Waals surface area contributed by atoms with Gasteiger partial charge in [0.2, 0.25) is 0 Å². The SMILES string of the molecule is CC(N)C1C2CC3CC(C2)C1C3. The Morgan fingerprint density at radius 1 is 1.08 bits per heavy atom. The average molecular weight is 165 g/mol. The van der Waals surface area contributed by atoms with Gasteiger partial charge < -0.3 is 5.73 Å². The third-order valence-electron chi connectivity index (χ3n) is 4.73. The zero-order valence-corrected chi connectivity index (χ0v) is 7.87. The topological polar surface area (TPSA) is 26.0 Å². The van der Waals surface area contributed by atoms with Crippen LogP contribution in [0, 0.1) is 29.6 Å². The molecule has 0 aromatic heterocycles. The van der Waals surface area contributed by atoms with Crippen LogP contribution < -0.4 is 5.73 Å². The molecule has 68 valence electrons. The molecular formula is C11H19N. The Bertz CT molecular complexity index is 195. The summed E-state index contributed by atoms with van der Waals surface area (Å²) in [6, 6.07) is 0.462. The van der Waals surface area contributed by atoms with Crippen molar-refractivity contribution in [1.82, 2.24) is 0 Å². The van der Waals surface area contributed by atoms with E-state index in [9.17, 15) is 0 Å². The normalized spacial score (nSPS) is 58.0. The van der Waals surface area contributed by atoms with Gasteiger partial charge in [-0.2, -0.15) is 0 Å². The quantitative estimate of drug-likeness (QED) is 0.632. The van der Waals surface area contributed by atoms with Crippen molar-refractivity contribution in [3.63, 3.8) is 0 Å². The maximum atomic E-state index is 6.07. The summed E-state index contributed by atoms with van der Waals surface area (Å²) < 4.78 is 0. The van der Waals surface area contributed by atoms with Crippen LogP contribution in [-0.2, 0) is 0 Å². The Kier molecular flexibility index (Phi) is 1.39. The van der Waals surface area contributed by atoms with Crippen molar-refractivity contribution in [3.05, 3.63) is 0 Å². The molecule has 0 aromatic carbocycles. The molecule has 4 saturated carbocycles. The lowest BCUT2D eigenvalue weighted by Crippen LogP contribution is -2.36. The first-order chi connectivity index (χ1) is 5.75. The van der Waals surface area contributed by atoms with Crippen LogP contribution >= 0.6 is 0 Å². The summed E-state index contributed by atoms with van der Waals surface area (Å²) in [4.78, 5) is 0. The molecule has 12 heavy (non-hydrogen) atoms. The molecule has 4 fully saturated rings. The third kappa shape index (κ3) is 0.783. The first-order valence-corrected chi connectivity index (χ1v) is 5.51. The van der Waals surface area contributed by atoms with Crippen molar-refractivity contribution in [1.29, 1.82) is 0 Å². The van der Waals surface area contributed by atoms with E-state index in [0.29, 0.717) is 6.04 Å². The highest BCUT2D eigenvalue weighted by Crippen LogP contribution is 2.61. The van der Waals surface area contributed by atoms with Crippen LogP contribution in [0.3, 0.4) is 0 Å². The average Bonchev–Trinajstić information content (AvgIpc) is 2.38. The molecule has 0 aromatic rings. The van der Waals surface area contributed by atoms with Crippen molar-refractivity contribution in [3.8, 4) is 0 Å². The Labute approximate surface area is 74.7 Å². The Hall–Kier alpha value is -0.0400. The van der Waals surface area contributed by atoms with Crippen LogP contribution in [-0.4, -0.2) is 6.04 Å². The molecule has 0 heterocycles. The van der Waals surface area contributed by atoms with Crippen molar-refractivity contribution in [2.45, 2.75) is 38.6 Å². The summed E-state index contributed by atoms with van der Waals surface area (Å²) >= 11 is 0. The largest absolute Gasteiger partial charge is 0.328 e. The van der Waals surface area contributed by atoms with Crippen molar-refractivity contribution in [2.75, 3.05) is 0 Å². The Morgan fingerprint density at radius 2 is 1.83 bits per heavy atom. The zero-order valence-electron chi connectivity index (χ0n) is 7.87. The van der Waals surface area contributed by atoms with Gasteiger partial charge in [-0.15, -0.1) is 0 Å². The van der Waals surface area contributed by atoms with Crippen LogP contribution in [0.4, 0.5) is 0 Å². The standard InChI is InChI=1S/C11H19N/c1-6(12)11-9-3-7-2-8(5-9)10(11)4-7/h6-11H,2-5,12H2,1H3. The van der Waals surface area contributed by atoms with Gasteiger partial charge in [0.1, 0.15) is 0 Å². The van der Waals surface area contributed by atoms with Gasteiger partial charge in [-0.1, -0.05) is 0 Å². The van der Waals surface area contributed by atoms with E-state index in [-0.39, 0.29) is 0 Å². The summed E-state index contributed by atoms with van der Waals surface area (Å²) in [5, 5.41) is 0. The Morgan fingerprint density at radius 3 is 2.50 bits per heavy atom. The smallest absolute Gasteiger partial charge is 0.00441 e. The van der Waals surface area contributed by atoms with Crippen molar-refractivity contribution < 1.29 is 0 Å². The van der Waals surface area contributed by atoms with E-state index in [1.54, 1.807) is 6.42 Å². The van der Waals surface area contributed by atoms with Gasteiger partial charge in [0, 0.05) is 6.04 Å². The third-order valence-corrected chi connectivity index (χ3v) is 4.73. The lowest BCUT2D eigenvalue weighted by atomic mass is 9.73. The number of rotatable bonds is 1. The summed E-state index contributed by atoms with van der Waals surface area (Å²) in [6.45, 7) is 2.22. The van der Waals surface area contributed by atoms with Crippen molar-refractivity contribution in [2.24, 2.45) is 35.3 Å². The highest BCUT2D eigenvalue weighted by atomic mass is 14.7. The summed E-state index contributed by atoms with van der Waals surface area (Å²) in [6.07, 6.45) is 6.10. The molecule has 4 aliphatic rings. The van der Waals surface area contributed by atoms with E-state index < -0.39 is 0 Å². The first kappa shape index (κ1) is 7.37. The Balaban J connectivity index is 1.90. The molecule has 6 unspecified atom stereocenters. The highest BCUT2D eigenvalue weighted by molar-refractivity contribution is 5.04. The van der Waals surface area contributed by atoms with Gasteiger partial charge in [-0.3, -0.25) is 0 Å². The lowest BCUT2D eigenvalue weighted by Gasteiger charge is -2.34. The second-order valence-corrected chi connectivity index (χ2v) is 5.43. The summed E-state index contributed by atoms with van der Waals surface area (Å²) in [5.41, 5.74) is 6.07. The predicted octanol–water partition coefficient (Wildman–Crippen LogP) is 2.02. The van der Waals surface area contributed by atoms with Gasteiger partial charge in [-0.25, -0.2) is 0 Å². The molecule has 0 spiro atoms. The molecule has 0 amide bonds. The molecule has 0 radical (unpaired) electrons. The molecule has 0 aliphatic heterocycles. The minimum Gasteiger partial charge on any atom is -0.328 e. The predicted molar refractivity (Wildman–Crippen MR) is 49.6 cm³/mol. The monoisotopic (exact) mass is 165 g/mol. The summed E-state index contributed by atoms with van der Waals surface area (Å²) in [5.74, 6) is 5.15. The fourth-order valence-electron chi connectivity index (χ4n) is 4.61. The zero-order chi connectivity index (χ0) is 8.29. The maximum absolute atomic E-state index is 6.07. The van der Waals surface area contributed by atoms with E-state index in [1.165, 1.54) is 19.3 Å². The lowest BCUT2D eigenvalue weighted by molar-refractivity contribution is 0.174. The van der Waals surface area contributed by atoms with Gasteiger partial charge in [-0.05, 0) is 62.2 Å². The second kappa shape index (κ2) is 2.25. The maximum Gasteiger partial charge on any atom is 0.00441 e. The second-order valence-electron chi connectivity index (χ2n) is 5.43. The van der Waals surface area contributed by atoms with Gasteiger partial charge in [0.25, 0.3) is 0 Å². The molecule has 0 saturated heterocycles. The molecule has 4 bridgehead atoms. The minimum atomic E-state index is 0.462. The molecule has 4 rings (SSSR count). The minimum absolute atomic E-state index is 0.462. The van der Waals surface area contributed by atoms with Crippen LogP contribution in [0.2, 0.25) is 0 Å². The molecular weight excluding hydrogens is 146 g/mol. The molecule has 2 N–H and O–H groups in total. The van der Waals surface area contributed by atoms with Crippen LogP contribution in [0.5, 0.6) is 0 Å². The fraction of sp³-hybridized carbons (Fsp3) is 1.00. The first-order valence-electron chi connectivity index (χ1n) is 5.51. The number of hydrogen-bond donors (Lipinski definition) is 1. The van der Waals surface area contributed by atoms with Gasteiger partial charge >= 0.3 is 0 Å². The number of hydrogen-bond acceptors (Lipinski definition) is 1. The van der Waals surface area contributed by atoms with Crippen LogP contribution in [0.25, 0.3) is 0 Å². The van der Waals surface area contributed by atoms with Crippen LogP contribution in [0.15, 0.2) is 0 Å². The van der Waals surface area contributed by atoms with Gasteiger partial charge in [0.15, 0.2) is 0 Å². The van der Waals surface area contributed by atoms with Crippen molar-refractivity contribution >= 4 is 0 Å². The fourth-order valence-corrected chi connectivity index (χ4v) is 4.61.